The van der Waals surface area contributed by atoms with Crippen LogP contribution in [0.2, 0.25) is 0 Å². The fourth-order valence-electron chi connectivity index (χ4n) is 2.45. The summed E-state index contributed by atoms with van der Waals surface area (Å²) in [5, 5.41) is 10.2. The Morgan fingerprint density at radius 3 is 2.93 bits per heavy atom. The Kier molecular flexibility index (Phi) is 3.54. The highest BCUT2D eigenvalue weighted by Crippen LogP contribution is 2.45. The van der Waals surface area contributed by atoms with E-state index in [0.29, 0.717) is 12.3 Å². The Labute approximate surface area is 87.5 Å². The second-order valence-corrected chi connectivity index (χ2v) is 4.69. The van der Waals surface area contributed by atoms with Gasteiger partial charge in [-0.25, -0.2) is 0 Å². The predicted molar refractivity (Wildman–Crippen MR) is 61.1 cm³/mol. The van der Waals surface area contributed by atoms with Crippen molar-refractivity contribution in [1.29, 1.82) is 0 Å². The lowest BCUT2D eigenvalue weighted by Gasteiger charge is -2.43. The fourth-order valence-corrected chi connectivity index (χ4v) is 2.45. The average molecular weight is 194 g/mol. The maximum Gasteiger partial charge on any atom is 0.0667 e. The van der Waals surface area contributed by atoms with Crippen LogP contribution >= 0.6 is 0 Å². The van der Waals surface area contributed by atoms with E-state index in [4.69, 9.17) is 0 Å². The number of hydrogen-bond donors (Lipinski definition) is 1. The molecule has 1 nitrogen and oxygen atoms in total. The van der Waals surface area contributed by atoms with Crippen molar-refractivity contribution in [2.24, 2.45) is 11.3 Å². The average Bonchev–Trinajstić information content (AvgIpc) is 2.14. The maximum absolute atomic E-state index is 10.2. The first-order chi connectivity index (χ1) is 6.53. The zero-order valence-corrected chi connectivity index (χ0v) is 9.59. The Morgan fingerprint density at radius 1 is 1.79 bits per heavy atom. The van der Waals surface area contributed by atoms with Gasteiger partial charge in [-0.2, -0.15) is 0 Å². The molecule has 14 heavy (non-hydrogen) atoms. The van der Waals surface area contributed by atoms with Gasteiger partial charge in [0.05, 0.1) is 6.10 Å². The van der Waals surface area contributed by atoms with E-state index >= 15 is 0 Å². The minimum Gasteiger partial charge on any atom is -0.392 e. The van der Waals surface area contributed by atoms with Gasteiger partial charge in [-0.05, 0) is 32.1 Å². The van der Waals surface area contributed by atoms with Gasteiger partial charge in [0.2, 0.25) is 0 Å². The molecule has 0 aromatic carbocycles. The van der Waals surface area contributed by atoms with Crippen molar-refractivity contribution < 1.29 is 5.11 Å². The Hall–Kier alpha value is -0.560. The van der Waals surface area contributed by atoms with Gasteiger partial charge in [-0.3, -0.25) is 0 Å². The second-order valence-electron chi connectivity index (χ2n) is 4.69. The molecule has 0 saturated heterocycles. The molecule has 1 unspecified atom stereocenters. The third-order valence-electron chi connectivity index (χ3n) is 4.01. The summed E-state index contributed by atoms with van der Waals surface area (Å²) in [6.45, 7) is 10.3. The van der Waals surface area contributed by atoms with Crippen LogP contribution in [-0.2, 0) is 0 Å². The molecule has 3 atom stereocenters. The Bertz CT molecular complexity index is 242. The highest BCUT2D eigenvalue weighted by molar-refractivity contribution is 5.18. The summed E-state index contributed by atoms with van der Waals surface area (Å²) in [5.41, 5.74) is 1.29. The first-order valence-corrected chi connectivity index (χ1v) is 5.49. The van der Waals surface area contributed by atoms with Crippen LogP contribution in [-0.4, -0.2) is 11.2 Å². The van der Waals surface area contributed by atoms with Crippen molar-refractivity contribution in [3.63, 3.8) is 0 Å². The molecular formula is C13H22O. The van der Waals surface area contributed by atoms with Crippen LogP contribution in [0.15, 0.2) is 24.3 Å². The van der Waals surface area contributed by atoms with Crippen molar-refractivity contribution in [1.82, 2.24) is 0 Å². The highest BCUT2D eigenvalue weighted by atomic mass is 16.3. The minimum absolute atomic E-state index is 0.0492. The van der Waals surface area contributed by atoms with Gasteiger partial charge in [0, 0.05) is 5.41 Å². The summed E-state index contributed by atoms with van der Waals surface area (Å²) in [7, 11) is 0. The van der Waals surface area contributed by atoms with E-state index in [2.05, 4.69) is 33.4 Å². The summed E-state index contributed by atoms with van der Waals surface area (Å²) >= 11 is 0. The van der Waals surface area contributed by atoms with Crippen molar-refractivity contribution >= 4 is 0 Å². The molecule has 0 bridgehead atoms. The highest BCUT2D eigenvalue weighted by Gasteiger charge is 2.40. The molecule has 1 heteroatoms. The van der Waals surface area contributed by atoms with Gasteiger partial charge >= 0.3 is 0 Å². The lowest BCUT2D eigenvalue weighted by atomic mass is 9.64. The maximum atomic E-state index is 10.2. The lowest BCUT2D eigenvalue weighted by Crippen LogP contribution is -2.40. The molecule has 1 aliphatic carbocycles. The van der Waals surface area contributed by atoms with Crippen molar-refractivity contribution in [2.75, 3.05) is 0 Å². The zero-order chi connectivity index (χ0) is 10.8. The molecule has 0 aromatic heterocycles. The van der Waals surface area contributed by atoms with Gasteiger partial charge in [-0.1, -0.05) is 31.6 Å². The molecule has 0 amide bonds. The third kappa shape index (κ3) is 1.78. The van der Waals surface area contributed by atoms with Gasteiger partial charge in [0.25, 0.3) is 0 Å². The normalized spacial score (nSPS) is 34.9. The molecular weight excluding hydrogens is 172 g/mol. The SMILES string of the molecule is C=CCC(O)[C@]1(C)C(C)=CCC[C@H]1C. The molecule has 0 heterocycles. The molecule has 80 valence electrons. The van der Waals surface area contributed by atoms with Gasteiger partial charge < -0.3 is 5.11 Å². The second kappa shape index (κ2) is 4.31. The molecule has 0 radical (unpaired) electrons. The minimum atomic E-state index is -0.286. The molecule has 0 fully saturated rings. The van der Waals surface area contributed by atoms with Crippen LogP contribution in [0.1, 0.15) is 40.0 Å². The third-order valence-corrected chi connectivity index (χ3v) is 4.01. The van der Waals surface area contributed by atoms with Crippen molar-refractivity contribution in [3.05, 3.63) is 24.3 Å². The van der Waals surface area contributed by atoms with Crippen LogP contribution in [0.4, 0.5) is 0 Å². The zero-order valence-electron chi connectivity index (χ0n) is 9.59. The first kappa shape index (κ1) is 11.5. The Balaban J connectivity index is 2.92. The largest absolute Gasteiger partial charge is 0.392 e. The summed E-state index contributed by atoms with van der Waals surface area (Å²) in [6.07, 6.45) is 6.82. The summed E-state index contributed by atoms with van der Waals surface area (Å²) in [4.78, 5) is 0. The molecule has 0 aromatic rings. The number of aliphatic hydroxyl groups excluding tert-OH is 1. The van der Waals surface area contributed by atoms with Crippen LogP contribution in [0.5, 0.6) is 0 Å². The van der Waals surface area contributed by atoms with E-state index in [1.165, 1.54) is 12.0 Å². The van der Waals surface area contributed by atoms with Crippen LogP contribution in [0.25, 0.3) is 0 Å². The van der Waals surface area contributed by atoms with E-state index in [0.717, 1.165) is 6.42 Å². The first-order valence-electron chi connectivity index (χ1n) is 5.49. The van der Waals surface area contributed by atoms with Gasteiger partial charge in [0.1, 0.15) is 0 Å². The number of aliphatic hydroxyl groups is 1. The van der Waals surface area contributed by atoms with E-state index in [-0.39, 0.29) is 11.5 Å². The monoisotopic (exact) mass is 194 g/mol. The molecule has 0 aliphatic heterocycles. The number of allylic oxidation sites excluding steroid dienone is 1. The van der Waals surface area contributed by atoms with Crippen LogP contribution in [0.3, 0.4) is 0 Å². The van der Waals surface area contributed by atoms with E-state index in [1.54, 1.807) is 0 Å². The predicted octanol–water partition coefficient (Wildman–Crippen LogP) is 3.31. The van der Waals surface area contributed by atoms with E-state index in [9.17, 15) is 5.11 Å². The fraction of sp³-hybridized carbons (Fsp3) is 0.692. The molecule has 1 aliphatic rings. The van der Waals surface area contributed by atoms with Crippen LogP contribution < -0.4 is 0 Å². The number of rotatable bonds is 3. The number of hydrogen-bond acceptors (Lipinski definition) is 1. The molecule has 0 spiro atoms. The molecule has 0 saturated carbocycles. The van der Waals surface area contributed by atoms with Crippen molar-refractivity contribution in [2.45, 2.75) is 46.1 Å². The quantitative estimate of drug-likeness (QED) is 0.683. The summed E-state index contributed by atoms with van der Waals surface area (Å²) in [6, 6.07) is 0. The van der Waals surface area contributed by atoms with Crippen molar-refractivity contribution in [3.8, 4) is 0 Å². The summed E-state index contributed by atoms with van der Waals surface area (Å²) < 4.78 is 0. The van der Waals surface area contributed by atoms with Gasteiger partial charge in [0.15, 0.2) is 0 Å². The Morgan fingerprint density at radius 2 is 2.43 bits per heavy atom. The lowest BCUT2D eigenvalue weighted by molar-refractivity contribution is 0.0206. The molecule has 1 N–H and O–H groups in total. The smallest absolute Gasteiger partial charge is 0.0667 e. The van der Waals surface area contributed by atoms with Gasteiger partial charge in [-0.15, -0.1) is 6.58 Å². The van der Waals surface area contributed by atoms with Crippen LogP contribution in [0, 0.1) is 11.3 Å². The molecule has 1 rings (SSSR count). The standard InChI is InChI=1S/C13H22O/c1-5-7-12(14)13(4)10(2)8-6-9-11(13)3/h5,8,11-12,14H,1,6-7,9H2,2-4H3/t11-,12?,13-/m1/s1. The van der Waals surface area contributed by atoms with E-state index in [1.807, 2.05) is 6.08 Å². The summed E-state index contributed by atoms with van der Waals surface area (Å²) in [5.74, 6) is 0.558. The van der Waals surface area contributed by atoms with E-state index < -0.39 is 0 Å². The topological polar surface area (TPSA) is 20.2 Å².